The van der Waals surface area contributed by atoms with Gasteiger partial charge in [0, 0.05) is 6.07 Å². The summed E-state index contributed by atoms with van der Waals surface area (Å²) in [6, 6.07) is 22.2. The molecule has 10 nitrogen and oxygen atoms in total. The topological polar surface area (TPSA) is 173 Å². The Labute approximate surface area is 396 Å². The third-order valence-corrected chi connectivity index (χ3v) is 12.0. The summed E-state index contributed by atoms with van der Waals surface area (Å²) >= 11 is 0. The molecule has 0 unspecified atom stereocenters. The van der Waals surface area contributed by atoms with E-state index in [0.717, 1.165) is 50.7 Å². The van der Waals surface area contributed by atoms with E-state index in [1.54, 1.807) is 54.6 Å². The zero-order valence-electron chi connectivity index (χ0n) is 36.3. The van der Waals surface area contributed by atoms with Gasteiger partial charge in [0.1, 0.15) is 27.4 Å². The van der Waals surface area contributed by atoms with Gasteiger partial charge in [-0.3, -0.25) is 4.55 Å². The molecule has 0 radical (unpaired) electrons. The molecule has 4 rings (SSSR count). The van der Waals surface area contributed by atoms with Gasteiger partial charge >= 0.3 is 37.7 Å². The maximum absolute atomic E-state index is 12.7. The summed E-state index contributed by atoms with van der Waals surface area (Å²) in [5.41, 5.74) is 0.785. The van der Waals surface area contributed by atoms with Crippen LogP contribution in [0.25, 0.3) is 0 Å². The Morgan fingerprint density at radius 2 is 0.869 bits per heavy atom. The maximum Gasteiger partial charge on any atom is 2.00 e. The molecule has 0 saturated heterocycles. The minimum atomic E-state index is -4.68. The van der Waals surface area contributed by atoms with Crippen LogP contribution in [0.2, 0.25) is 0 Å². The van der Waals surface area contributed by atoms with E-state index in [9.17, 15) is 36.2 Å². The number of hydrogen-bond donors (Lipinski definition) is 2. The van der Waals surface area contributed by atoms with Crippen LogP contribution in [0.4, 0.5) is 0 Å². The summed E-state index contributed by atoms with van der Waals surface area (Å²) < 4.78 is 78.6. The van der Waals surface area contributed by atoms with Crippen molar-refractivity contribution in [2.45, 2.75) is 165 Å². The number of ether oxygens (including phenoxy) is 2. The Balaban J connectivity index is 0.000000413. The Kier molecular flexibility index (Phi) is 27.0. The third kappa shape index (κ3) is 21.9. The fourth-order valence-corrected chi connectivity index (χ4v) is 8.01. The molecule has 0 spiro atoms. The average Bonchev–Trinajstić information content (AvgIpc) is 3.22. The van der Waals surface area contributed by atoms with Gasteiger partial charge in [-0.2, -0.15) is 8.42 Å². The number of para-hydroxylation sites is 2. The molecular formula is C48H66CaO10S2. The molecule has 0 heterocycles. The largest absolute Gasteiger partial charge is 2.00 e. The normalized spacial score (nSPS) is 11.3. The molecule has 4 aromatic carbocycles. The van der Waals surface area contributed by atoms with E-state index in [4.69, 9.17) is 9.47 Å². The number of unbranched alkanes of at least 4 members (excludes halogenated alkanes) is 18. The molecule has 0 fully saturated rings. The predicted molar refractivity (Wildman–Crippen MR) is 242 cm³/mol. The van der Waals surface area contributed by atoms with Crippen LogP contribution < -0.4 is 14.6 Å². The minimum absolute atomic E-state index is 0. The monoisotopic (exact) mass is 906 g/mol. The molecule has 4 aromatic rings. The number of hydrogen-bond acceptors (Lipinski definition) is 9. The SMILES string of the molecule is CCCCCCCCCCCCc1cc(S(=O)(=O)O)cc(Oc2ccccc2)c1O.CCCCCCCCCCCCc1cc(S(=O)(=O)[O-])cc(Oc2ccccc2)c1[O-].[Ca+2]. The first-order chi connectivity index (χ1) is 28.8. The minimum Gasteiger partial charge on any atom is -0.870 e. The van der Waals surface area contributed by atoms with Gasteiger partial charge in [-0.25, -0.2) is 8.42 Å². The summed E-state index contributed by atoms with van der Waals surface area (Å²) in [4.78, 5) is -0.691. The van der Waals surface area contributed by atoms with Gasteiger partial charge in [0.05, 0.1) is 9.79 Å². The van der Waals surface area contributed by atoms with Crippen LogP contribution >= 0.6 is 0 Å². The zero-order chi connectivity index (χ0) is 43.6. The van der Waals surface area contributed by atoms with Crippen molar-refractivity contribution in [2.24, 2.45) is 0 Å². The van der Waals surface area contributed by atoms with Gasteiger partial charge in [-0.1, -0.05) is 177 Å². The fraction of sp³-hybridized carbons (Fsp3) is 0.500. The van der Waals surface area contributed by atoms with E-state index in [2.05, 4.69) is 13.8 Å². The molecule has 0 aliphatic rings. The van der Waals surface area contributed by atoms with E-state index in [1.165, 1.54) is 102 Å². The Hall–Kier alpha value is -2.84. The van der Waals surface area contributed by atoms with Gasteiger partial charge in [-0.15, -0.1) is 0 Å². The molecule has 13 heteroatoms. The molecule has 2 N–H and O–H groups in total. The van der Waals surface area contributed by atoms with Crippen LogP contribution in [-0.2, 0) is 33.1 Å². The average molecular weight is 907 g/mol. The first-order valence-corrected chi connectivity index (χ1v) is 24.8. The Morgan fingerprint density at radius 3 is 1.28 bits per heavy atom. The molecule has 61 heavy (non-hydrogen) atoms. The van der Waals surface area contributed by atoms with Gasteiger partial charge in [-0.05, 0) is 73.7 Å². The summed E-state index contributed by atoms with van der Waals surface area (Å²) in [7, 11) is -9.08. The second-order valence-electron chi connectivity index (χ2n) is 15.5. The summed E-state index contributed by atoms with van der Waals surface area (Å²) in [6.07, 6.45) is 24.6. The van der Waals surface area contributed by atoms with Crippen molar-refractivity contribution < 1.29 is 45.6 Å². The maximum atomic E-state index is 12.7. The molecule has 332 valence electrons. The van der Waals surface area contributed by atoms with E-state index < -0.39 is 25.1 Å². The van der Waals surface area contributed by atoms with E-state index in [0.29, 0.717) is 35.5 Å². The standard InChI is InChI=1S/2C24H34O5S.Ca/c2*1-2-3-4-5-6-7-8-9-10-12-15-20-18-22(30(26,27)28)19-23(24(20)25)29-21-16-13-11-14-17-21;/h2*11,13-14,16-19,25H,2-10,12,15H2,1H3,(H,26,27,28);/q;;+2/p-2. The second-order valence-corrected chi connectivity index (χ2v) is 18.3. The van der Waals surface area contributed by atoms with Crippen molar-refractivity contribution in [2.75, 3.05) is 0 Å². The smallest absolute Gasteiger partial charge is 0.870 e. The Morgan fingerprint density at radius 1 is 0.508 bits per heavy atom. The fourth-order valence-electron chi connectivity index (χ4n) is 6.93. The summed E-state index contributed by atoms with van der Waals surface area (Å²) in [6.45, 7) is 4.44. The zero-order valence-corrected chi connectivity index (χ0v) is 40.2. The van der Waals surface area contributed by atoms with Crippen LogP contribution in [-0.4, -0.2) is 68.8 Å². The predicted octanol–water partition coefficient (Wildman–Crippen LogP) is 12.4. The van der Waals surface area contributed by atoms with Crippen LogP contribution in [0.1, 0.15) is 153 Å². The molecule has 0 aromatic heterocycles. The van der Waals surface area contributed by atoms with Crippen LogP contribution in [0.15, 0.2) is 94.7 Å². The van der Waals surface area contributed by atoms with Crippen molar-refractivity contribution in [3.8, 4) is 34.5 Å². The van der Waals surface area contributed by atoms with E-state index in [1.807, 2.05) is 6.07 Å². The summed E-state index contributed by atoms with van der Waals surface area (Å²) in [5, 5.41) is 23.3. The van der Waals surface area contributed by atoms with E-state index >= 15 is 0 Å². The summed E-state index contributed by atoms with van der Waals surface area (Å²) in [5.74, 6) is 0.355. The molecule has 0 bridgehead atoms. The Bertz CT molecular complexity index is 1880. The van der Waals surface area contributed by atoms with Gasteiger partial charge in [0.25, 0.3) is 10.1 Å². The van der Waals surface area contributed by atoms with Crippen molar-refractivity contribution in [1.29, 1.82) is 0 Å². The van der Waals surface area contributed by atoms with Crippen molar-refractivity contribution in [1.82, 2.24) is 0 Å². The third-order valence-electron chi connectivity index (χ3n) is 10.4. The van der Waals surface area contributed by atoms with Crippen molar-refractivity contribution in [3.63, 3.8) is 0 Å². The second kappa shape index (κ2) is 30.3. The number of aryl methyl sites for hydroxylation is 2. The molecule has 0 aliphatic carbocycles. The van der Waals surface area contributed by atoms with Gasteiger partial charge < -0.3 is 24.2 Å². The van der Waals surface area contributed by atoms with Crippen LogP contribution in [0, 0.1) is 0 Å². The number of phenolic OH excluding ortho intramolecular Hbond substituents is 1. The first kappa shape index (κ1) is 54.3. The molecule has 0 aliphatic heterocycles. The molecule has 0 amide bonds. The number of phenols is 1. The number of aromatic hydroxyl groups is 1. The molecular weight excluding hydrogens is 841 g/mol. The van der Waals surface area contributed by atoms with Crippen LogP contribution in [0.5, 0.6) is 34.5 Å². The van der Waals surface area contributed by atoms with Gasteiger partial charge in [0.15, 0.2) is 11.5 Å². The van der Waals surface area contributed by atoms with Crippen LogP contribution in [0.3, 0.4) is 0 Å². The van der Waals surface area contributed by atoms with Crippen molar-refractivity contribution >= 4 is 58.0 Å². The van der Waals surface area contributed by atoms with Crippen molar-refractivity contribution in [3.05, 3.63) is 96.1 Å². The van der Waals surface area contributed by atoms with E-state index in [-0.39, 0.29) is 65.6 Å². The number of benzene rings is 4. The number of rotatable bonds is 28. The first-order valence-electron chi connectivity index (χ1n) is 21.9. The molecule has 0 saturated carbocycles. The van der Waals surface area contributed by atoms with Gasteiger partial charge in [0.2, 0.25) is 0 Å². The molecule has 0 atom stereocenters. The quantitative estimate of drug-likeness (QED) is 0.0317.